The lowest BCUT2D eigenvalue weighted by molar-refractivity contribution is 0.0142. The van der Waals surface area contributed by atoms with Crippen molar-refractivity contribution in [3.8, 4) is 0 Å². The molecule has 6 heteroatoms. The van der Waals surface area contributed by atoms with E-state index in [1.165, 1.54) is 0 Å². The van der Waals surface area contributed by atoms with Gasteiger partial charge in [0, 0.05) is 19.8 Å². The molecule has 0 spiro atoms. The van der Waals surface area contributed by atoms with Gasteiger partial charge in [-0.3, -0.25) is 0 Å². The molecule has 6 nitrogen and oxygen atoms in total. The molecule has 1 aliphatic heterocycles. The third kappa shape index (κ3) is 2.38. The number of fused-ring (bicyclic) bond motifs is 1. The first kappa shape index (κ1) is 13.1. The number of nitrogens with zero attached hydrogens (tertiary/aromatic N) is 3. The molecule has 106 valence electrons. The number of benzene rings is 1. The molecule has 1 fully saturated rings. The van der Waals surface area contributed by atoms with Gasteiger partial charge < -0.3 is 9.84 Å². The Hall–Kier alpha value is -1.95. The fraction of sp³-hybridized carbons (Fsp3) is 0.500. The minimum atomic E-state index is -0.933. The molecule has 0 radical (unpaired) electrons. The van der Waals surface area contributed by atoms with Gasteiger partial charge in [0.05, 0.1) is 11.1 Å². The number of carboxylic acids is 1. The van der Waals surface area contributed by atoms with Gasteiger partial charge in [-0.2, -0.15) is 0 Å². The largest absolute Gasteiger partial charge is 0.478 e. The average molecular weight is 275 g/mol. The van der Waals surface area contributed by atoms with Crippen molar-refractivity contribution >= 4 is 17.0 Å². The van der Waals surface area contributed by atoms with Crippen LogP contribution in [0.15, 0.2) is 18.2 Å². The van der Waals surface area contributed by atoms with E-state index >= 15 is 0 Å². The van der Waals surface area contributed by atoms with E-state index in [1.54, 1.807) is 18.2 Å². The summed E-state index contributed by atoms with van der Waals surface area (Å²) >= 11 is 0. The van der Waals surface area contributed by atoms with E-state index in [4.69, 9.17) is 9.84 Å². The number of ether oxygens (including phenoxy) is 1. The van der Waals surface area contributed by atoms with E-state index in [9.17, 15) is 4.79 Å². The van der Waals surface area contributed by atoms with E-state index in [-0.39, 0.29) is 11.0 Å². The molecule has 0 atom stereocenters. The van der Waals surface area contributed by atoms with Crippen LogP contribution in [0.1, 0.15) is 30.1 Å². The molecule has 2 aromatic rings. The third-order valence-corrected chi connectivity index (χ3v) is 3.99. The lowest BCUT2D eigenvalue weighted by Crippen LogP contribution is -2.31. The van der Waals surface area contributed by atoms with Crippen LogP contribution in [0, 0.1) is 5.41 Å². The van der Waals surface area contributed by atoms with Crippen LogP contribution >= 0.6 is 0 Å². The maximum Gasteiger partial charge on any atom is 0.335 e. The lowest BCUT2D eigenvalue weighted by Gasteiger charge is -2.33. The van der Waals surface area contributed by atoms with Crippen LogP contribution < -0.4 is 0 Å². The number of carbonyl (C=O) groups is 1. The Balaban J connectivity index is 1.94. The molecule has 1 saturated heterocycles. The standard InChI is InChI=1S/C14H17N3O3/c1-14(4-6-20-7-5-14)9-17-12-8-10(13(18)19)2-3-11(12)15-16-17/h2-3,8H,4-7,9H2,1H3,(H,18,19). The zero-order valence-corrected chi connectivity index (χ0v) is 11.4. The molecule has 1 aromatic heterocycles. The molecule has 0 bridgehead atoms. The Morgan fingerprint density at radius 3 is 2.90 bits per heavy atom. The number of rotatable bonds is 3. The van der Waals surface area contributed by atoms with Crippen molar-refractivity contribution in [2.75, 3.05) is 13.2 Å². The van der Waals surface area contributed by atoms with Crippen LogP contribution in [0.4, 0.5) is 0 Å². The second-order valence-corrected chi connectivity index (χ2v) is 5.68. The molecule has 20 heavy (non-hydrogen) atoms. The van der Waals surface area contributed by atoms with Crippen LogP contribution in [-0.4, -0.2) is 39.3 Å². The highest BCUT2D eigenvalue weighted by Crippen LogP contribution is 2.32. The van der Waals surface area contributed by atoms with Gasteiger partial charge in [0.2, 0.25) is 0 Å². The quantitative estimate of drug-likeness (QED) is 0.926. The van der Waals surface area contributed by atoms with Gasteiger partial charge in [0.15, 0.2) is 0 Å². The normalized spacial score (nSPS) is 18.2. The minimum absolute atomic E-state index is 0.123. The van der Waals surface area contributed by atoms with Crippen molar-refractivity contribution in [1.82, 2.24) is 15.0 Å². The number of carboxylic acid groups (broad SMARTS) is 1. The van der Waals surface area contributed by atoms with Gasteiger partial charge in [-0.05, 0) is 36.5 Å². The smallest absolute Gasteiger partial charge is 0.335 e. The van der Waals surface area contributed by atoms with Crippen molar-refractivity contribution in [2.24, 2.45) is 5.41 Å². The van der Waals surface area contributed by atoms with E-state index in [0.29, 0.717) is 0 Å². The molecule has 2 heterocycles. The Bertz CT molecular complexity index is 644. The Kier molecular flexibility index (Phi) is 3.17. The highest BCUT2D eigenvalue weighted by atomic mass is 16.5. The Labute approximate surface area is 116 Å². The number of aromatic nitrogens is 3. The molecular weight excluding hydrogens is 258 g/mol. The molecular formula is C14H17N3O3. The summed E-state index contributed by atoms with van der Waals surface area (Å²) in [5.74, 6) is -0.933. The highest BCUT2D eigenvalue weighted by molar-refractivity contribution is 5.92. The fourth-order valence-electron chi connectivity index (χ4n) is 2.60. The maximum atomic E-state index is 11.1. The number of hydrogen-bond donors (Lipinski definition) is 1. The van der Waals surface area contributed by atoms with Crippen LogP contribution in [-0.2, 0) is 11.3 Å². The topological polar surface area (TPSA) is 77.2 Å². The molecule has 0 unspecified atom stereocenters. The first-order valence-electron chi connectivity index (χ1n) is 6.72. The number of hydrogen-bond acceptors (Lipinski definition) is 4. The van der Waals surface area contributed by atoms with Crippen molar-refractivity contribution < 1.29 is 14.6 Å². The van der Waals surface area contributed by atoms with Crippen molar-refractivity contribution in [2.45, 2.75) is 26.3 Å². The minimum Gasteiger partial charge on any atom is -0.478 e. The van der Waals surface area contributed by atoms with Gasteiger partial charge in [0.1, 0.15) is 5.52 Å². The van der Waals surface area contributed by atoms with Gasteiger partial charge in [-0.15, -0.1) is 5.10 Å². The van der Waals surface area contributed by atoms with Crippen LogP contribution in [0.3, 0.4) is 0 Å². The molecule has 1 N–H and O–H groups in total. The molecule has 3 rings (SSSR count). The predicted molar refractivity (Wildman–Crippen MR) is 72.6 cm³/mol. The van der Waals surface area contributed by atoms with Gasteiger partial charge in [-0.25, -0.2) is 9.48 Å². The zero-order valence-electron chi connectivity index (χ0n) is 11.4. The molecule has 0 aliphatic carbocycles. The maximum absolute atomic E-state index is 11.1. The van der Waals surface area contributed by atoms with E-state index in [2.05, 4.69) is 17.2 Å². The molecule has 0 amide bonds. The van der Waals surface area contributed by atoms with Crippen molar-refractivity contribution in [3.63, 3.8) is 0 Å². The monoisotopic (exact) mass is 275 g/mol. The lowest BCUT2D eigenvalue weighted by atomic mass is 9.82. The van der Waals surface area contributed by atoms with E-state index in [0.717, 1.165) is 43.6 Å². The summed E-state index contributed by atoms with van der Waals surface area (Å²) in [5, 5.41) is 17.4. The van der Waals surface area contributed by atoms with E-state index in [1.807, 2.05) is 4.68 Å². The van der Waals surface area contributed by atoms with E-state index < -0.39 is 5.97 Å². The number of aromatic carboxylic acids is 1. The summed E-state index contributed by atoms with van der Waals surface area (Å²) in [7, 11) is 0. The second kappa shape index (κ2) is 4.86. The zero-order chi connectivity index (χ0) is 14.2. The molecule has 1 aliphatic rings. The predicted octanol–water partition coefficient (Wildman–Crippen LogP) is 1.95. The van der Waals surface area contributed by atoms with Gasteiger partial charge in [-0.1, -0.05) is 12.1 Å². The van der Waals surface area contributed by atoms with Crippen LogP contribution in [0.2, 0.25) is 0 Å². The van der Waals surface area contributed by atoms with Crippen molar-refractivity contribution in [3.05, 3.63) is 23.8 Å². The first-order chi connectivity index (χ1) is 9.57. The third-order valence-electron chi connectivity index (χ3n) is 3.99. The van der Waals surface area contributed by atoms with Crippen LogP contribution in [0.25, 0.3) is 11.0 Å². The summed E-state index contributed by atoms with van der Waals surface area (Å²) in [4.78, 5) is 11.1. The van der Waals surface area contributed by atoms with Gasteiger partial charge in [0.25, 0.3) is 0 Å². The van der Waals surface area contributed by atoms with Crippen LogP contribution in [0.5, 0.6) is 0 Å². The Morgan fingerprint density at radius 2 is 2.20 bits per heavy atom. The Morgan fingerprint density at radius 1 is 1.45 bits per heavy atom. The highest BCUT2D eigenvalue weighted by Gasteiger charge is 2.29. The summed E-state index contributed by atoms with van der Waals surface area (Å²) in [6, 6.07) is 4.90. The molecule has 0 saturated carbocycles. The first-order valence-corrected chi connectivity index (χ1v) is 6.72. The summed E-state index contributed by atoms with van der Waals surface area (Å²) < 4.78 is 7.21. The molecule has 1 aromatic carbocycles. The second-order valence-electron chi connectivity index (χ2n) is 5.68. The van der Waals surface area contributed by atoms with Gasteiger partial charge >= 0.3 is 5.97 Å². The summed E-state index contributed by atoms with van der Waals surface area (Å²) in [6.07, 6.45) is 1.96. The van der Waals surface area contributed by atoms with Crippen molar-refractivity contribution in [1.29, 1.82) is 0 Å². The summed E-state index contributed by atoms with van der Waals surface area (Å²) in [6.45, 7) is 4.48. The summed E-state index contributed by atoms with van der Waals surface area (Å²) in [5.41, 5.74) is 1.89. The average Bonchev–Trinajstić information content (AvgIpc) is 2.81. The fourth-order valence-corrected chi connectivity index (χ4v) is 2.60. The SMILES string of the molecule is CC1(Cn2nnc3ccc(C(=O)O)cc32)CCOCC1.